The number of nitrogens with one attached hydrogen (secondary N) is 2. The van der Waals surface area contributed by atoms with Gasteiger partial charge in [0.05, 0.1) is 33.7 Å². The molecule has 2 fully saturated rings. The molecule has 50 heavy (non-hydrogen) atoms. The van der Waals surface area contributed by atoms with Crippen molar-refractivity contribution < 1.29 is 13.2 Å². The monoisotopic (exact) mass is 766 g/mol. The lowest BCUT2D eigenvalue weighted by atomic mass is 9.99. The summed E-state index contributed by atoms with van der Waals surface area (Å²) in [7, 11) is 1.73. The van der Waals surface area contributed by atoms with Crippen molar-refractivity contribution in [3.8, 4) is 5.75 Å². The molecule has 0 radical (unpaired) electrons. The lowest BCUT2D eigenvalue weighted by Gasteiger charge is -2.43. The van der Waals surface area contributed by atoms with Crippen molar-refractivity contribution in [3.05, 3.63) is 52.9 Å². The normalized spacial score (nSPS) is 16.6. The molecule has 2 aromatic heterocycles. The Kier molecular flexibility index (Phi) is 11.0. The molecule has 0 atom stereocenters. The number of fused-ring (bicyclic) bond motifs is 1. The molecule has 0 bridgehead atoms. The van der Waals surface area contributed by atoms with E-state index in [0.29, 0.717) is 50.4 Å². The lowest BCUT2D eigenvalue weighted by Crippen LogP contribution is -2.52. The summed E-state index contributed by atoms with van der Waals surface area (Å²) in [5.74, 6) is 1.49. The van der Waals surface area contributed by atoms with Gasteiger partial charge >= 0.3 is 0 Å². The van der Waals surface area contributed by atoms with Gasteiger partial charge in [0.15, 0.2) is 0 Å². The Balaban J connectivity index is 1.25. The number of halogens is 1. The van der Waals surface area contributed by atoms with E-state index in [1.54, 1.807) is 51.7 Å². The number of aromatic nitrogens is 4. The number of hydrogen-bond donors (Lipinski definition) is 2. The first-order valence-electron chi connectivity index (χ1n) is 17.2. The number of sulfonamides is 1. The minimum Gasteiger partial charge on any atom is -0.494 e. The van der Waals surface area contributed by atoms with E-state index in [1.807, 2.05) is 0 Å². The third kappa shape index (κ3) is 7.46. The van der Waals surface area contributed by atoms with Gasteiger partial charge in [0.2, 0.25) is 16.0 Å². The fourth-order valence-corrected chi connectivity index (χ4v) is 8.13. The first kappa shape index (κ1) is 36.0. The van der Waals surface area contributed by atoms with Crippen LogP contribution in [0, 0.1) is 0 Å². The quantitative estimate of drug-likeness (QED) is 0.196. The van der Waals surface area contributed by atoms with Crippen molar-refractivity contribution in [2.24, 2.45) is 0 Å². The van der Waals surface area contributed by atoms with E-state index < -0.39 is 15.3 Å². The van der Waals surface area contributed by atoms with E-state index in [9.17, 15) is 8.42 Å². The first-order valence-corrected chi connectivity index (χ1v) is 19.5. The molecule has 15 heteroatoms. The van der Waals surface area contributed by atoms with E-state index in [2.05, 4.69) is 82.3 Å². The molecular formula is C35H47BrN10O3S. The van der Waals surface area contributed by atoms with Crippen LogP contribution in [0.1, 0.15) is 39.2 Å². The number of rotatable bonds is 11. The van der Waals surface area contributed by atoms with Crippen LogP contribution in [0.3, 0.4) is 0 Å². The standard InChI is InChI=1S/C35H47BrN10O3S/c1-7-24-20-29(31(49-6)21-30(24)46-14-10-25(11-15-46)45-18-16-43(4)17-19-45)41-35-39-22-26(36)34(42-35)40-28-9-8-27-32(38-13-12-37-27)33(28)44(5)50(47,48)23(2)3/h8-9,12-13,20-23,25H,7,10-11,14-19H2,1-6H3,(H2,39,40,41,42). The highest BCUT2D eigenvalue weighted by atomic mass is 79.9. The molecule has 2 N–H and O–H groups in total. The van der Waals surface area contributed by atoms with Crippen LogP contribution in [0.2, 0.25) is 0 Å². The van der Waals surface area contributed by atoms with Crippen molar-refractivity contribution in [1.82, 2.24) is 29.7 Å². The fraction of sp³-hybridized carbons (Fsp3) is 0.486. The highest BCUT2D eigenvalue weighted by Crippen LogP contribution is 2.39. The van der Waals surface area contributed by atoms with Crippen molar-refractivity contribution >= 4 is 71.5 Å². The average molecular weight is 768 g/mol. The van der Waals surface area contributed by atoms with E-state index in [1.165, 1.54) is 22.6 Å². The van der Waals surface area contributed by atoms with Gasteiger partial charge < -0.3 is 25.2 Å². The van der Waals surface area contributed by atoms with Gasteiger partial charge in [-0.1, -0.05) is 6.92 Å². The van der Waals surface area contributed by atoms with Gasteiger partial charge in [-0.15, -0.1) is 0 Å². The third-order valence-electron chi connectivity index (χ3n) is 9.79. The van der Waals surface area contributed by atoms with Crippen LogP contribution in [-0.4, -0.2) is 110 Å². The number of ether oxygens (including phenoxy) is 1. The van der Waals surface area contributed by atoms with Crippen molar-refractivity contribution in [1.29, 1.82) is 0 Å². The van der Waals surface area contributed by atoms with Crippen LogP contribution < -0.4 is 24.6 Å². The van der Waals surface area contributed by atoms with Gasteiger partial charge in [0.1, 0.15) is 22.8 Å². The van der Waals surface area contributed by atoms with Crippen LogP contribution in [0.5, 0.6) is 5.75 Å². The van der Waals surface area contributed by atoms with E-state index >= 15 is 0 Å². The number of piperidine rings is 1. The number of methoxy groups -OCH3 is 1. The molecule has 0 unspecified atom stereocenters. The smallest absolute Gasteiger partial charge is 0.237 e. The molecular weight excluding hydrogens is 720 g/mol. The molecule has 0 spiro atoms. The molecule has 0 aliphatic carbocycles. The second kappa shape index (κ2) is 15.2. The summed E-state index contributed by atoms with van der Waals surface area (Å²) in [5, 5.41) is 6.06. The van der Waals surface area contributed by atoms with Crippen LogP contribution in [0.15, 0.2) is 47.3 Å². The maximum absolute atomic E-state index is 13.3. The predicted octanol–water partition coefficient (Wildman–Crippen LogP) is 5.63. The van der Waals surface area contributed by atoms with Gasteiger partial charge in [0.25, 0.3) is 0 Å². The Bertz CT molecular complexity index is 1930. The molecule has 4 aromatic rings. The Hall–Kier alpha value is -3.79. The second-order valence-corrected chi connectivity index (χ2v) is 16.6. The number of piperazine rings is 1. The van der Waals surface area contributed by atoms with Crippen LogP contribution in [-0.2, 0) is 16.4 Å². The Morgan fingerprint density at radius 1 is 1.00 bits per heavy atom. The second-order valence-electron chi connectivity index (χ2n) is 13.2. The molecule has 6 rings (SSSR count). The van der Waals surface area contributed by atoms with Crippen LogP contribution in [0.25, 0.3) is 11.0 Å². The molecule has 268 valence electrons. The summed E-state index contributed by atoms with van der Waals surface area (Å²) < 4.78 is 34.4. The summed E-state index contributed by atoms with van der Waals surface area (Å²) in [6.07, 6.45) is 7.95. The summed E-state index contributed by atoms with van der Waals surface area (Å²) >= 11 is 3.57. The molecule has 4 heterocycles. The Labute approximate surface area is 303 Å². The highest BCUT2D eigenvalue weighted by molar-refractivity contribution is 9.10. The summed E-state index contributed by atoms with van der Waals surface area (Å²) in [4.78, 5) is 25.8. The molecule has 2 aliphatic rings. The molecule has 13 nitrogen and oxygen atoms in total. The average Bonchev–Trinajstić information content (AvgIpc) is 3.12. The van der Waals surface area contributed by atoms with Gasteiger partial charge in [-0.25, -0.2) is 13.4 Å². The minimum absolute atomic E-state index is 0.349. The zero-order valence-corrected chi connectivity index (χ0v) is 32.1. The maximum atomic E-state index is 13.3. The number of nitrogens with zero attached hydrogens (tertiary/aromatic N) is 8. The Morgan fingerprint density at radius 3 is 2.40 bits per heavy atom. The van der Waals surface area contributed by atoms with Crippen molar-refractivity contribution in [2.45, 2.75) is 51.3 Å². The lowest BCUT2D eigenvalue weighted by molar-refractivity contribution is 0.0982. The topological polar surface area (TPSA) is 132 Å². The summed E-state index contributed by atoms with van der Waals surface area (Å²) in [5.41, 5.74) is 5.09. The van der Waals surface area contributed by atoms with Crippen LogP contribution >= 0.6 is 15.9 Å². The number of aryl methyl sites for hydroxylation is 1. The van der Waals surface area contributed by atoms with Gasteiger partial charge in [-0.2, -0.15) is 4.98 Å². The van der Waals surface area contributed by atoms with Crippen molar-refractivity contribution in [3.63, 3.8) is 0 Å². The zero-order valence-electron chi connectivity index (χ0n) is 29.6. The minimum atomic E-state index is -3.68. The predicted molar refractivity (Wildman–Crippen MR) is 205 cm³/mol. The highest BCUT2D eigenvalue weighted by Gasteiger charge is 2.29. The molecule has 2 aliphatic heterocycles. The molecule has 0 amide bonds. The molecule has 2 aromatic carbocycles. The number of hydrogen-bond acceptors (Lipinski definition) is 12. The van der Waals surface area contributed by atoms with Gasteiger partial charge in [-0.3, -0.25) is 19.2 Å². The van der Waals surface area contributed by atoms with Gasteiger partial charge in [0, 0.05) is 82.7 Å². The van der Waals surface area contributed by atoms with Crippen LogP contribution in [0.4, 0.5) is 34.5 Å². The van der Waals surface area contributed by atoms with Crippen molar-refractivity contribution in [2.75, 3.05) is 80.3 Å². The van der Waals surface area contributed by atoms with E-state index in [-0.39, 0.29) is 0 Å². The maximum Gasteiger partial charge on any atom is 0.237 e. The summed E-state index contributed by atoms with van der Waals surface area (Å²) in [6, 6.07) is 8.48. The molecule has 2 saturated heterocycles. The number of benzene rings is 2. The van der Waals surface area contributed by atoms with Gasteiger partial charge in [-0.05, 0) is 79.9 Å². The van der Waals surface area contributed by atoms with E-state index in [4.69, 9.17) is 9.72 Å². The number of anilines is 6. The Morgan fingerprint density at radius 2 is 1.72 bits per heavy atom. The fourth-order valence-electron chi connectivity index (χ4n) is 6.77. The van der Waals surface area contributed by atoms with E-state index in [0.717, 1.165) is 64.2 Å². The largest absolute Gasteiger partial charge is 0.494 e. The summed E-state index contributed by atoms with van der Waals surface area (Å²) in [6.45, 7) is 12.1. The number of likely N-dealkylation sites (N-methyl/N-ethyl adjacent to an activating group) is 1. The first-order chi connectivity index (χ1) is 24.0. The SMILES string of the molecule is CCc1cc(Nc2ncc(Br)c(Nc3ccc4nccnc4c3N(C)S(=O)(=O)C(C)C)n2)c(OC)cc1N1CCC(N2CCN(C)CC2)CC1. The zero-order chi connectivity index (χ0) is 35.6. The third-order valence-corrected chi connectivity index (χ3v) is 12.5. The molecule has 0 saturated carbocycles.